The minimum atomic E-state index is 0.0639. The third kappa shape index (κ3) is 4.35. The highest BCUT2D eigenvalue weighted by atomic mass is 16.5. The fourth-order valence-electron chi connectivity index (χ4n) is 3.69. The molecule has 5 heteroatoms. The second kappa shape index (κ2) is 8.10. The Bertz CT molecular complexity index is 521. The van der Waals surface area contributed by atoms with Crippen LogP contribution < -0.4 is 5.32 Å². The first-order valence-electron chi connectivity index (χ1n) is 8.99. The van der Waals surface area contributed by atoms with E-state index in [9.17, 15) is 4.79 Å². The summed E-state index contributed by atoms with van der Waals surface area (Å²) in [5.41, 5.74) is 1.42. The van der Waals surface area contributed by atoms with Crippen LogP contribution in [0.15, 0.2) is 30.3 Å². The van der Waals surface area contributed by atoms with E-state index in [-0.39, 0.29) is 11.3 Å². The van der Waals surface area contributed by atoms with Crippen molar-refractivity contribution in [1.82, 2.24) is 15.1 Å². The third-order valence-electron chi connectivity index (χ3n) is 5.43. The fourth-order valence-corrected chi connectivity index (χ4v) is 3.69. The second-order valence-electron chi connectivity index (χ2n) is 7.11. The Balaban J connectivity index is 1.61. The Hall–Kier alpha value is -1.43. The summed E-state index contributed by atoms with van der Waals surface area (Å²) in [6.45, 7) is 6.52. The smallest absolute Gasteiger partial charge is 0.234 e. The molecule has 2 aliphatic heterocycles. The normalized spacial score (nSPS) is 22.2. The number of rotatable bonds is 5. The molecule has 1 N–H and O–H groups in total. The minimum absolute atomic E-state index is 0.0639. The number of ether oxygens (including phenoxy) is 1. The molecule has 1 aromatic rings. The maximum Gasteiger partial charge on any atom is 0.234 e. The van der Waals surface area contributed by atoms with E-state index < -0.39 is 0 Å². The van der Waals surface area contributed by atoms with Gasteiger partial charge in [-0.1, -0.05) is 30.3 Å². The van der Waals surface area contributed by atoms with Gasteiger partial charge in [0.1, 0.15) is 0 Å². The molecular weight excluding hydrogens is 302 g/mol. The molecule has 0 aromatic heterocycles. The molecule has 2 aliphatic rings. The number of amides is 1. The first-order chi connectivity index (χ1) is 11.7. The Morgan fingerprint density at radius 2 is 1.79 bits per heavy atom. The Morgan fingerprint density at radius 1 is 1.12 bits per heavy atom. The SMILES string of the molecule is CN1CCC(CNC(=O)CN2CCOCC2)(c2ccccc2)CC1. The number of likely N-dealkylation sites (tertiary alicyclic amines) is 1. The zero-order chi connectivity index (χ0) is 16.8. The van der Waals surface area contributed by atoms with Crippen LogP contribution in [0.25, 0.3) is 0 Å². The highest BCUT2D eigenvalue weighted by molar-refractivity contribution is 5.78. The zero-order valence-electron chi connectivity index (χ0n) is 14.7. The summed E-state index contributed by atoms with van der Waals surface area (Å²) in [7, 11) is 2.17. The predicted molar refractivity (Wildman–Crippen MR) is 95.1 cm³/mol. The molecule has 1 amide bonds. The number of benzene rings is 1. The second-order valence-corrected chi connectivity index (χ2v) is 7.11. The molecule has 24 heavy (non-hydrogen) atoms. The van der Waals surface area contributed by atoms with E-state index in [1.807, 2.05) is 0 Å². The van der Waals surface area contributed by atoms with Crippen LogP contribution in [0, 0.1) is 0 Å². The van der Waals surface area contributed by atoms with Crippen LogP contribution in [0.3, 0.4) is 0 Å². The molecule has 0 aliphatic carbocycles. The summed E-state index contributed by atoms with van der Waals surface area (Å²) in [6, 6.07) is 10.7. The minimum Gasteiger partial charge on any atom is -0.379 e. The van der Waals surface area contributed by atoms with Gasteiger partial charge in [0, 0.05) is 25.0 Å². The van der Waals surface area contributed by atoms with Gasteiger partial charge in [-0.15, -0.1) is 0 Å². The number of morpholine rings is 1. The molecule has 1 aromatic carbocycles. The zero-order valence-corrected chi connectivity index (χ0v) is 14.7. The number of carbonyl (C=O) groups is 1. The van der Waals surface area contributed by atoms with Crippen molar-refractivity contribution in [3.8, 4) is 0 Å². The van der Waals surface area contributed by atoms with Gasteiger partial charge in [0.05, 0.1) is 19.8 Å². The third-order valence-corrected chi connectivity index (χ3v) is 5.43. The quantitative estimate of drug-likeness (QED) is 0.878. The number of carbonyl (C=O) groups excluding carboxylic acids is 1. The summed E-state index contributed by atoms with van der Waals surface area (Å²) < 4.78 is 5.34. The van der Waals surface area contributed by atoms with Gasteiger partial charge in [0.25, 0.3) is 0 Å². The van der Waals surface area contributed by atoms with Gasteiger partial charge < -0.3 is 15.0 Å². The molecule has 0 spiro atoms. The Kier molecular flexibility index (Phi) is 5.87. The van der Waals surface area contributed by atoms with Crippen molar-refractivity contribution in [3.05, 3.63) is 35.9 Å². The van der Waals surface area contributed by atoms with Gasteiger partial charge >= 0.3 is 0 Å². The van der Waals surface area contributed by atoms with Gasteiger partial charge in [-0.3, -0.25) is 9.69 Å². The van der Waals surface area contributed by atoms with Crippen LogP contribution in [-0.2, 0) is 14.9 Å². The molecule has 2 saturated heterocycles. The Morgan fingerprint density at radius 3 is 2.46 bits per heavy atom. The molecule has 132 valence electrons. The van der Waals surface area contributed by atoms with Gasteiger partial charge in [-0.25, -0.2) is 0 Å². The first kappa shape index (κ1) is 17.4. The highest BCUT2D eigenvalue weighted by Crippen LogP contribution is 2.34. The van der Waals surface area contributed by atoms with Crippen LogP contribution in [0.1, 0.15) is 18.4 Å². The van der Waals surface area contributed by atoms with Crippen molar-refractivity contribution in [2.75, 3.05) is 59.5 Å². The monoisotopic (exact) mass is 331 g/mol. The Labute approximate surface area is 145 Å². The van der Waals surface area contributed by atoms with Crippen molar-refractivity contribution < 1.29 is 9.53 Å². The summed E-state index contributed by atoms with van der Waals surface area (Å²) in [6.07, 6.45) is 2.18. The van der Waals surface area contributed by atoms with Crippen molar-refractivity contribution >= 4 is 5.91 Å². The molecular formula is C19H29N3O2. The van der Waals surface area contributed by atoms with Crippen LogP contribution >= 0.6 is 0 Å². The average molecular weight is 331 g/mol. The van der Waals surface area contributed by atoms with Gasteiger partial charge in [0.2, 0.25) is 5.91 Å². The van der Waals surface area contributed by atoms with Gasteiger partial charge in [-0.05, 0) is 38.5 Å². The topological polar surface area (TPSA) is 44.8 Å². The van der Waals surface area contributed by atoms with Crippen molar-refractivity contribution in [3.63, 3.8) is 0 Å². The van der Waals surface area contributed by atoms with E-state index in [1.165, 1.54) is 5.56 Å². The van der Waals surface area contributed by atoms with E-state index in [0.29, 0.717) is 6.54 Å². The predicted octanol–water partition coefficient (Wildman–Crippen LogP) is 1.10. The highest BCUT2D eigenvalue weighted by Gasteiger charge is 2.35. The average Bonchev–Trinajstić information content (AvgIpc) is 2.63. The van der Waals surface area contributed by atoms with Crippen molar-refractivity contribution in [2.45, 2.75) is 18.3 Å². The molecule has 0 bridgehead atoms. The van der Waals surface area contributed by atoms with Gasteiger partial charge in [0.15, 0.2) is 0 Å². The van der Waals surface area contributed by atoms with Crippen LogP contribution in [0.4, 0.5) is 0 Å². The van der Waals surface area contributed by atoms with E-state index >= 15 is 0 Å². The number of piperidine rings is 1. The van der Waals surface area contributed by atoms with Crippen molar-refractivity contribution in [2.24, 2.45) is 0 Å². The van der Waals surface area contributed by atoms with E-state index in [4.69, 9.17) is 4.74 Å². The number of nitrogens with zero attached hydrogens (tertiary/aromatic N) is 2. The largest absolute Gasteiger partial charge is 0.379 e. The molecule has 2 fully saturated rings. The fraction of sp³-hybridized carbons (Fsp3) is 0.632. The lowest BCUT2D eigenvalue weighted by molar-refractivity contribution is -0.123. The van der Waals surface area contributed by atoms with Crippen LogP contribution in [0.5, 0.6) is 0 Å². The number of nitrogens with one attached hydrogen (secondary N) is 1. The summed E-state index contributed by atoms with van der Waals surface area (Å²) in [5.74, 6) is 0.131. The van der Waals surface area contributed by atoms with Crippen molar-refractivity contribution in [1.29, 1.82) is 0 Å². The molecule has 5 nitrogen and oxygen atoms in total. The van der Waals surface area contributed by atoms with Crippen LogP contribution in [-0.4, -0.2) is 75.2 Å². The molecule has 0 radical (unpaired) electrons. The van der Waals surface area contributed by atoms with Crippen LogP contribution in [0.2, 0.25) is 0 Å². The van der Waals surface area contributed by atoms with E-state index in [2.05, 4.69) is 52.5 Å². The first-order valence-corrected chi connectivity index (χ1v) is 8.99. The lowest BCUT2D eigenvalue weighted by atomic mass is 9.72. The molecule has 0 unspecified atom stereocenters. The van der Waals surface area contributed by atoms with E-state index in [1.54, 1.807) is 0 Å². The standard InChI is InChI=1S/C19H29N3O2/c1-21-9-7-19(8-10-21,17-5-3-2-4-6-17)16-20-18(23)15-22-11-13-24-14-12-22/h2-6H,7-16H2,1H3,(H,20,23). The number of hydrogen-bond donors (Lipinski definition) is 1. The molecule has 0 saturated carbocycles. The van der Waals surface area contributed by atoms with E-state index in [0.717, 1.165) is 58.8 Å². The molecule has 3 rings (SSSR count). The summed E-state index contributed by atoms with van der Waals surface area (Å²) in [4.78, 5) is 16.9. The lowest BCUT2D eigenvalue weighted by Crippen LogP contribution is -2.50. The maximum absolute atomic E-state index is 12.4. The summed E-state index contributed by atoms with van der Waals surface area (Å²) >= 11 is 0. The van der Waals surface area contributed by atoms with Gasteiger partial charge in [-0.2, -0.15) is 0 Å². The lowest BCUT2D eigenvalue weighted by Gasteiger charge is -2.41. The molecule has 0 atom stereocenters. The summed E-state index contributed by atoms with van der Waals surface area (Å²) in [5, 5.41) is 3.21. The maximum atomic E-state index is 12.4. The number of hydrogen-bond acceptors (Lipinski definition) is 4. The molecule has 2 heterocycles.